The Morgan fingerprint density at radius 2 is 1.63 bits per heavy atom. The highest BCUT2D eigenvalue weighted by molar-refractivity contribution is 6.31. The Bertz CT molecular complexity index is 619. The van der Waals surface area contributed by atoms with Gasteiger partial charge in [-0.05, 0) is 29.8 Å². The molecule has 0 aliphatic heterocycles. The standard InChI is InChI=1S/C13H6ClF5/c14-11-10(15)5-4-9(12(11)16)7-2-1-3-8(6-7)13(17,18)19/h1-6H. The zero-order chi connectivity index (χ0) is 14.2. The first-order valence-electron chi connectivity index (χ1n) is 5.12. The maximum absolute atomic E-state index is 13.7. The molecule has 2 rings (SSSR count). The van der Waals surface area contributed by atoms with Crippen molar-refractivity contribution in [3.63, 3.8) is 0 Å². The molecule has 0 aromatic heterocycles. The second-order valence-electron chi connectivity index (χ2n) is 3.80. The highest BCUT2D eigenvalue weighted by atomic mass is 35.5. The van der Waals surface area contributed by atoms with Crippen molar-refractivity contribution in [2.45, 2.75) is 6.18 Å². The van der Waals surface area contributed by atoms with E-state index in [1.165, 1.54) is 6.07 Å². The summed E-state index contributed by atoms with van der Waals surface area (Å²) in [7, 11) is 0. The van der Waals surface area contributed by atoms with Gasteiger partial charge in [0, 0.05) is 5.56 Å². The molecule has 0 nitrogen and oxygen atoms in total. The van der Waals surface area contributed by atoms with Crippen molar-refractivity contribution in [2.75, 3.05) is 0 Å². The van der Waals surface area contributed by atoms with Gasteiger partial charge in [0.1, 0.15) is 10.8 Å². The molecule has 0 atom stereocenters. The van der Waals surface area contributed by atoms with Crippen LogP contribution in [0.2, 0.25) is 5.02 Å². The predicted molar refractivity (Wildman–Crippen MR) is 61.8 cm³/mol. The van der Waals surface area contributed by atoms with E-state index in [4.69, 9.17) is 11.6 Å². The van der Waals surface area contributed by atoms with Crippen molar-refractivity contribution in [3.8, 4) is 11.1 Å². The molecular formula is C13H6ClF5. The highest BCUT2D eigenvalue weighted by Crippen LogP contribution is 2.34. The van der Waals surface area contributed by atoms with Gasteiger partial charge in [-0.15, -0.1) is 0 Å². The molecule has 0 bridgehead atoms. The van der Waals surface area contributed by atoms with Crippen molar-refractivity contribution in [1.82, 2.24) is 0 Å². The van der Waals surface area contributed by atoms with E-state index >= 15 is 0 Å². The van der Waals surface area contributed by atoms with E-state index in [0.29, 0.717) is 0 Å². The van der Waals surface area contributed by atoms with Crippen LogP contribution in [0.5, 0.6) is 0 Å². The van der Waals surface area contributed by atoms with Crippen LogP contribution in [0, 0.1) is 11.6 Å². The minimum absolute atomic E-state index is 0.0192. The zero-order valence-electron chi connectivity index (χ0n) is 9.23. The minimum Gasteiger partial charge on any atom is -0.205 e. The Balaban J connectivity index is 2.57. The molecule has 0 radical (unpaired) electrons. The lowest BCUT2D eigenvalue weighted by molar-refractivity contribution is -0.137. The molecule has 0 unspecified atom stereocenters. The van der Waals surface area contributed by atoms with Crippen LogP contribution in [-0.4, -0.2) is 0 Å². The Morgan fingerprint density at radius 1 is 0.947 bits per heavy atom. The van der Waals surface area contributed by atoms with E-state index in [0.717, 1.165) is 30.3 Å². The van der Waals surface area contributed by atoms with Gasteiger partial charge in [-0.1, -0.05) is 23.7 Å². The van der Waals surface area contributed by atoms with Gasteiger partial charge in [0.15, 0.2) is 5.82 Å². The van der Waals surface area contributed by atoms with E-state index in [2.05, 4.69) is 0 Å². The Labute approximate surface area is 110 Å². The van der Waals surface area contributed by atoms with Crippen LogP contribution in [0.15, 0.2) is 36.4 Å². The van der Waals surface area contributed by atoms with Crippen molar-refractivity contribution in [2.24, 2.45) is 0 Å². The molecule has 0 fully saturated rings. The van der Waals surface area contributed by atoms with E-state index in [9.17, 15) is 22.0 Å². The molecule has 2 aromatic carbocycles. The molecule has 2 aromatic rings. The van der Waals surface area contributed by atoms with Crippen LogP contribution >= 0.6 is 11.6 Å². The quantitative estimate of drug-likeness (QED) is 0.494. The summed E-state index contributed by atoms with van der Waals surface area (Å²) in [5.41, 5.74) is -1.11. The minimum atomic E-state index is -4.53. The highest BCUT2D eigenvalue weighted by Gasteiger charge is 2.30. The largest absolute Gasteiger partial charge is 0.416 e. The van der Waals surface area contributed by atoms with Crippen LogP contribution in [0.4, 0.5) is 22.0 Å². The first-order chi connectivity index (χ1) is 8.80. The van der Waals surface area contributed by atoms with Crippen LogP contribution in [0.3, 0.4) is 0 Å². The van der Waals surface area contributed by atoms with Gasteiger partial charge in [0.05, 0.1) is 5.56 Å². The zero-order valence-corrected chi connectivity index (χ0v) is 9.99. The summed E-state index contributed by atoms with van der Waals surface area (Å²) in [4.78, 5) is 0. The van der Waals surface area contributed by atoms with E-state index in [-0.39, 0.29) is 11.1 Å². The normalized spacial score (nSPS) is 11.7. The summed E-state index contributed by atoms with van der Waals surface area (Å²) in [5.74, 6) is -2.05. The predicted octanol–water partition coefficient (Wildman–Crippen LogP) is 5.30. The number of halogens is 6. The summed E-state index contributed by atoms with van der Waals surface area (Å²) in [5, 5.41) is -0.741. The monoisotopic (exact) mass is 292 g/mol. The number of rotatable bonds is 1. The van der Waals surface area contributed by atoms with Gasteiger partial charge in [0.2, 0.25) is 0 Å². The smallest absolute Gasteiger partial charge is 0.205 e. The SMILES string of the molecule is Fc1ccc(-c2cccc(C(F)(F)F)c2)c(F)c1Cl. The van der Waals surface area contributed by atoms with Crippen LogP contribution in [-0.2, 0) is 6.18 Å². The third-order valence-corrected chi connectivity index (χ3v) is 2.88. The van der Waals surface area contributed by atoms with Crippen LogP contribution < -0.4 is 0 Å². The third kappa shape index (κ3) is 2.71. The molecule has 0 N–H and O–H groups in total. The second-order valence-corrected chi connectivity index (χ2v) is 4.18. The maximum atomic E-state index is 13.7. The molecule has 0 spiro atoms. The lowest BCUT2D eigenvalue weighted by Crippen LogP contribution is -2.04. The lowest BCUT2D eigenvalue weighted by atomic mass is 10.0. The first-order valence-corrected chi connectivity index (χ1v) is 5.49. The summed E-state index contributed by atoms with van der Waals surface area (Å²) < 4.78 is 64.4. The third-order valence-electron chi connectivity index (χ3n) is 2.54. The Hall–Kier alpha value is -1.62. The Morgan fingerprint density at radius 3 is 2.26 bits per heavy atom. The maximum Gasteiger partial charge on any atom is 0.416 e. The summed E-state index contributed by atoms with van der Waals surface area (Å²) >= 11 is 5.39. The lowest BCUT2D eigenvalue weighted by Gasteiger charge is -2.10. The van der Waals surface area contributed by atoms with E-state index in [1.807, 2.05) is 0 Å². The van der Waals surface area contributed by atoms with Crippen molar-refractivity contribution in [3.05, 3.63) is 58.6 Å². The van der Waals surface area contributed by atoms with Crippen LogP contribution in [0.25, 0.3) is 11.1 Å². The summed E-state index contributed by atoms with van der Waals surface area (Å²) in [6.07, 6.45) is -4.53. The fourth-order valence-corrected chi connectivity index (χ4v) is 1.78. The van der Waals surface area contributed by atoms with Gasteiger partial charge < -0.3 is 0 Å². The van der Waals surface area contributed by atoms with Crippen molar-refractivity contribution >= 4 is 11.6 Å². The summed E-state index contributed by atoms with van der Waals surface area (Å²) in [6.45, 7) is 0. The number of alkyl halides is 3. The molecule has 19 heavy (non-hydrogen) atoms. The number of hydrogen-bond donors (Lipinski definition) is 0. The van der Waals surface area contributed by atoms with Gasteiger partial charge in [0.25, 0.3) is 0 Å². The molecule has 0 amide bonds. The summed E-state index contributed by atoms with van der Waals surface area (Å²) in [6, 6.07) is 6.04. The number of benzene rings is 2. The van der Waals surface area contributed by atoms with Gasteiger partial charge in [-0.2, -0.15) is 13.2 Å². The van der Waals surface area contributed by atoms with Gasteiger partial charge in [-0.3, -0.25) is 0 Å². The molecule has 0 aliphatic rings. The topological polar surface area (TPSA) is 0 Å². The molecule has 6 heteroatoms. The Kier molecular flexibility index (Phi) is 3.49. The molecule has 100 valence electrons. The molecule has 0 aliphatic carbocycles. The molecule has 0 heterocycles. The van der Waals surface area contributed by atoms with Crippen molar-refractivity contribution < 1.29 is 22.0 Å². The molecule has 0 saturated carbocycles. The van der Waals surface area contributed by atoms with Crippen molar-refractivity contribution in [1.29, 1.82) is 0 Å². The number of hydrogen-bond acceptors (Lipinski definition) is 0. The average molecular weight is 293 g/mol. The van der Waals surface area contributed by atoms with Gasteiger partial charge in [-0.25, -0.2) is 8.78 Å². The first kappa shape index (κ1) is 13.8. The second kappa shape index (κ2) is 4.81. The van der Waals surface area contributed by atoms with Gasteiger partial charge >= 0.3 is 6.18 Å². The van der Waals surface area contributed by atoms with E-state index < -0.39 is 28.4 Å². The molecule has 0 saturated heterocycles. The van der Waals surface area contributed by atoms with Crippen LogP contribution in [0.1, 0.15) is 5.56 Å². The van der Waals surface area contributed by atoms with E-state index in [1.54, 1.807) is 0 Å². The molecular weight excluding hydrogens is 287 g/mol. The fraction of sp³-hybridized carbons (Fsp3) is 0.0769. The average Bonchev–Trinajstić information content (AvgIpc) is 2.35. The fourth-order valence-electron chi connectivity index (χ4n) is 1.61.